The average Bonchev–Trinajstić information content (AvgIpc) is 2.85. The molecule has 4 nitrogen and oxygen atoms in total. The summed E-state index contributed by atoms with van der Waals surface area (Å²) in [5, 5.41) is 23.5. The van der Waals surface area contributed by atoms with Gasteiger partial charge in [-0.3, -0.25) is 4.79 Å². The zero-order chi connectivity index (χ0) is 12.4. The fraction of sp³-hybridized carbons (Fsp3) is 0.583. The van der Waals surface area contributed by atoms with Crippen molar-refractivity contribution in [1.29, 1.82) is 0 Å². The summed E-state index contributed by atoms with van der Waals surface area (Å²) in [5.74, 6) is -0.190. The Morgan fingerprint density at radius 3 is 2.88 bits per heavy atom. The second kappa shape index (κ2) is 5.16. The first-order chi connectivity index (χ1) is 8.10. The molecule has 94 valence electrons. The van der Waals surface area contributed by atoms with Gasteiger partial charge in [0.05, 0.1) is 11.0 Å². The fourth-order valence-electron chi connectivity index (χ4n) is 2.22. The van der Waals surface area contributed by atoms with Gasteiger partial charge in [0.2, 0.25) is 0 Å². The molecule has 1 aromatic rings. The summed E-state index contributed by atoms with van der Waals surface area (Å²) in [4.78, 5) is 12.6. The van der Waals surface area contributed by atoms with Gasteiger partial charge in [-0.2, -0.15) is 0 Å². The summed E-state index contributed by atoms with van der Waals surface area (Å²) in [5.41, 5.74) is 1.08. The topological polar surface area (TPSA) is 69.6 Å². The number of hydrogen-bond donors (Lipinski definition) is 3. The predicted molar refractivity (Wildman–Crippen MR) is 66.1 cm³/mol. The molecule has 0 spiro atoms. The van der Waals surface area contributed by atoms with Crippen LogP contribution < -0.4 is 5.32 Å². The van der Waals surface area contributed by atoms with Crippen LogP contribution in [0.5, 0.6) is 0 Å². The summed E-state index contributed by atoms with van der Waals surface area (Å²) in [7, 11) is 0. The quantitative estimate of drug-likeness (QED) is 0.752. The lowest BCUT2D eigenvalue weighted by molar-refractivity contribution is 0.0904. The minimum atomic E-state index is -0.504. The normalized spacial score (nSPS) is 28.3. The molecule has 17 heavy (non-hydrogen) atoms. The molecule has 2 rings (SSSR count). The van der Waals surface area contributed by atoms with Crippen molar-refractivity contribution < 1.29 is 15.0 Å². The SMILES string of the molecule is Cc1csc(C(=O)NC2CC(O)C(CO)C2)c1. The second-order valence-electron chi connectivity index (χ2n) is 4.64. The molecule has 3 N–H and O–H groups in total. The van der Waals surface area contributed by atoms with Gasteiger partial charge < -0.3 is 15.5 Å². The van der Waals surface area contributed by atoms with Crippen LogP contribution in [0.4, 0.5) is 0 Å². The molecule has 3 atom stereocenters. The van der Waals surface area contributed by atoms with Crippen molar-refractivity contribution in [2.24, 2.45) is 5.92 Å². The van der Waals surface area contributed by atoms with Crippen molar-refractivity contribution >= 4 is 17.2 Å². The summed E-state index contributed by atoms with van der Waals surface area (Å²) < 4.78 is 0. The molecular formula is C12H17NO3S. The molecule has 1 aliphatic rings. The van der Waals surface area contributed by atoms with Crippen LogP contribution >= 0.6 is 11.3 Å². The van der Waals surface area contributed by atoms with Gasteiger partial charge in [-0.25, -0.2) is 0 Å². The number of aliphatic hydroxyl groups is 2. The third-order valence-corrected chi connectivity index (χ3v) is 4.23. The van der Waals surface area contributed by atoms with Crippen LogP contribution in [-0.4, -0.2) is 34.9 Å². The lowest BCUT2D eigenvalue weighted by Crippen LogP contribution is -2.32. The number of aryl methyl sites for hydroxylation is 1. The Kier molecular flexibility index (Phi) is 3.81. The van der Waals surface area contributed by atoms with Gasteiger partial charge in [-0.05, 0) is 36.8 Å². The zero-order valence-corrected chi connectivity index (χ0v) is 10.5. The summed E-state index contributed by atoms with van der Waals surface area (Å²) in [6, 6.07) is 1.83. The lowest BCUT2D eigenvalue weighted by Gasteiger charge is -2.11. The van der Waals surface area contributed by atoms with Crippen LogP contribution in [0.15, 0.2) is 11.4 Å². The van der Waals surface area contributed by atoms with Crippen molar-refractivity contribution in [2.75, 3.05) is 6.61 Å². The maximum absolute atomic E-state index is 11.9. The van der Waals surface area contributed by atoms with E-state index in [0.717, 1.165) is 5.56 Å². The number of hydrogen-bond acceptors (Lipinski definition) is 4. The van der Waals surface area contributed by atoms with Crippen LogP contribution in [0, 0.1) is 12.8 Å². The lowest BCUT2D eigenvalue weighted by atomic mass is 10.1. The molecule has 0 radical (unpaired) electrons. The van der Waals surface area contributed by atoms with Crippen molar-refractivity contribution in [3.8, 4) is 0 Å². The number of carbonyl (C=O) groups excluding carboxylic acids is 1. The molecule has 1 heterocycles. The Bertz CT molecular complexity index is 404. The molecule has 1 aliphatic carbocycles. The number of nitrogens with one attached hydrogen (secondary N) is 1. The predicted octanol–water partition coefficient (Wildman–Crippen LogP) is 0.918. The van der Waals surface area contributed by atoms with Crippen molar-refractivity contribution in [3.05, 3.63) is 21.9 Å². The first kappa shape index (κ1) is 12.5. The Balaban J connectivity index is 1.92. The van der Waals surface area contributed by atoms with E-state index < -0.39 is 6.10 Å². The monoisotopic (exact) mass is 255 g/mol. The largest absolute Gasteiger partial charge is 0.396 e. The maximum atomic E-state index is 11.9. The van der Waals surface area contributed by atoms with Crippen LogP contribution in [0.2, 0.25) is 0 Å². The highest BCUT2D eigenvalue weighted by Gasteiger charge is 2.33. The van der Waals surface area contributed by atoms with Crippen LogP contribution in [0.3, 0.4) is 0 Å². The van der Waals surface area contributed by atoms with E-state index in [2.05, 4.69) is 5.32 Å². The van der Waals surface area contributed by atoms with Crippen LogP contribution in [0.25, 0.3) is 0 Å². The van der Waals surface area contributed by atoms with E-state index in [1.807, 2.05) is 18.4 Å². The van der Waals surface area contributed by atoms with E-state index in [1.54, 1.807) is 0 Å². The average molecular weight is 255 g/mol. The smallest absolute Gasteiger partial charge is 0.261 e. The molecule has 3 unspecified atom stereocenters. The van der Waals surface area contributed by atoms with Crippen molar-refractivity contribution in [3.63, 3.8) is 0 Å². The van der Waals surface area contributed by atoms with Crippen molar-refractivity contribution in [1.82, 2.24) is 5.32 Å². The molecule has 1 amide bonds. The summed E-state index contributed by atoms with van der Waals surface area (Å²) >= 11 is 1.42. The van der Waals surface area contributed by atoms with E-state index in [4.69, 9.17) is 5.11 Å². The third kappa shape index (κ3) is 2.86. The Morgan fingerprint density at radius 2 is 2.35 bits per heavy atom. The molecule has 5 heteroatoms. The number of aliphatic hydroxyl groups excluding tert-OH is 2. The standard InChI is InChI=1S/C12H17NO3S/c1-7-2-11(17-6-7)12(16)13-9-3-8(5-14)10(15)4-9/h2,6,8-10,14-15H,3-5H2,1H3,(H,13,16). The van der Waals surface area contributed by atoms with Gasteiger partial charge in [0.1, 0.15) is 0 Å². The fourth-order valence-corrected chi connectivity index (χ4v) is 3.02. The molecular weight excluding hydrogens is 238 g/mol. The van der Waals surface area contributed by atoms with Crippen LogP contribution in [-0.2, 0) is 0 Å². The molecule has 1 aromatic heterocycles. The number of rotatable bonds is 3. The van der Waals surface area contributed by atoms with Gasteiger partial charge in [0, 0.05) is 18.6 Å². The number of amides is 1. The van der Waals surface area contributed by atoms with E-state index >= 15 is 0 Å². The third-order valence-electron chi connectivity index (χ3n) is 3.18. The zero-order valence-electron chi connectivity index (χ0n) is 9.72. The minimum Gasteiger partial charge on any atom is -0.396 e. The first-order valence-corrected chi connectivity index (χ1v) is 6.63. The van der Waals surface area contributed by atoms with Gasteiger partial charge in [0.25, 0.3) is 5.91 Å². The Labute approximate surface area is 104 Å². The first-order valence-electron chi connectivity index (χ1n) is 5.75. The van der Waals surface area contributed by atoms with E-state index in [1.165, 1.54) is 11.3 Å². The Hall–Kier alpha value is -0.910. The van der Waals surface area contributed by atoms with Gasteiger partial charge >= 0.3 is 0 Å². The molecule has 1 saturated carbocycles. The minimum absolute atomic E-state index is 0.0222. The van der Waals surface area contributed by atoms with E-state index in [-0.39, 0.29) is 24.5 Å². The van der Waals surface area contributed by atoms with Gasteiger partial charge in [-0.1, -0.05) is 0 Å². The molecule has 0 bridgehead atoms. The van der Waals surface area contributed by atoms with Crippen LogP contribution in [0.1, 0.15) is 28.1 Å². The summed E-state index contributed by atoms with van der Waals surface area (Å²) in [6.07, 6.45) is 0.671. The molecule has 0 aromatic carbocycles. The number of thiophene rings is 1. The molecule has 0 aliphatic heterocycles. The molecule has 0 saturated heterocycles. The highest BCUT2D eigenvalue weighted by molar-refractivity contribution is 7.12. The van der Waals surface area contributed by atoms with Gasteiger partial charge in [-0.15, -0.1) is 11.3 Å². The number of carbonyl (C=O) groups is 1. The van der Waals surface area contributed by atoms with Gasteiger partial charge in [0.15, 0.2) is 0 Å². The van der Waals surface area contributed by atoms with Crippen molar-refractivity contribution in [2.45, 2.75) is 31.9 Å². The van der Waals surface area contributed by atoms with E-state index in [0.29, 0.717) is 17.7 Å². The van der Waals surface area contributed by atoms with E-state index in [9.17, 15) is 9.90 Å². The maximum Gasteiger partial charge on any atom is 0.261 e. The molecule has 1 fully saturated rings. The second-order valence-corrected chi connectivity index (χ2v) is 5.55. The highest BCUT2D eigenvalue weighted by Crippen LogP contribution is 2.26. The summed E-state index contributed by atoms with van der Waals surface area (Å²) in [6.45, 7) is 1.93. The Morgan fingerprint density at radius 1 is 1.59 bits per heavy atom. The highest BCUT2D eigenvalue weighted by atomic mass is 32.1.